The van der Waals surface area contributed by atoms with Crippen LogP contribution in [0.15, 0.2) is 30.3 Å². The van der Waals surface area contributed by atoms with E-state index in [1.54, 1.807) is 11.3 Å². The number of amides is 1. The van der Waals surface area contributed by atoms with Crippen molar-refractivity contribution in [1.82, 2.24) is 10.2 Å². The van der Waals surface area contributed by atoms with Crippen LogP contribution in [0, 0.1) is 0 Å². The SMILES string of the molecule is CNC1CCCN(C(=O)c2cc3c(s2)-c2ccccc2CC3)C1.Cl. The van der Waals surface area contributed by atoms with Crippen LogP contribution in [-0.4, -0.2) is 37.0 Å². The number of thiophene rings is 1. The van der Waals surface area contributed by atoms with Crippen molar-refractivity contribution in [3.8, 4) is 10.4 Å². The lowest BCUT2D eigenvalue weighted by atomic mass is 9.91. The van der Waals surface area contributed by atoms with Gasteiger partial charge in [0.05, 0.1) is 4.88 Å². The van der Waals surface area contributed by atoms with Crippen LogP contribution in [0.4, 0.5) is 0 Å². The monoisotopic (exact) mass is 362 g/mol. The molecule has 1 aliphatic heterocycles. The minimum absolute atomic E-state index is 0. The predicted molar refractivity (Wildman–Crippen MR) is 102 cm³/mol. The lowest BCUT2D eigenvalue weighted by Gasteiger charge is -2.32. The standard InChI is InChI=1S/C19H22N2OS.ClH/c1-20-15-6-4-10-21(12-15)19(22)17-11-14-9-8-13-5-2-3-7-16(13)18(14)23-17;/h2-3,5,7,11,15,20H,4,6,8-10,12H2,1H3;1H. The van der Waals surface area contributed by atoms with E-state index in [2.05, 4.69) is 35.6 Å². The molecule has 4 rings (SSSR count). The Bertz CT molecular complexity index is 743. The summed E-state index contributed by atoms with van der Waals surface area (Å²) in [5.74, 6) is 0.210. The van der Waals surface area contributed by atoms with Gasteiger partial charge in [0, 0.05) is 24.0 Å². The molecular weight excluding hydrogens is 340 g/mol. The highest BCUT2D eigenvalue weighted by Gasteiger charge is 2.27. The number of nitrogens with one attached hydrogen (secondary N) is 1. The van der Waals surface area contributed by atoms with Crippen molar-refractivity contribution in [2.24, 2.45) is 0 Å². The van der Waals surface area contributed by atoms with Gasteiger partial charge in [0.15, 0.2) is 0 Å². The molecule has 1 aromatic carbocycles. The first-order valence-corrected chi connectivity index (χ1v) is 9.25. The summed E-state index contributed by atoms with van der Waals surface area (Å²) in [5.41, 5.74) is 4.08. The topological polar surface area (TPSA) is 32.3 Å². The number of carbonyl (C=O) groups is 1. The van der Waals surface area contributed by atoms with Crippen molar-refractivity contribution in [2.75, 3.05) is 20.1 Å². The highest BCUT2D eigenvalue weighted by atomic mass is 35.5. The van der Waals surface area contributed by atoms with E-state index in [1.807, 2.05) is 11.9 Å². The zero-order valence-electron chi connectivity index (χ0n) is 13.9. The Morgan fingerprint density at radius 1 is 1.25 bits per heavy atom. The van der Waals surface area contributed by atoms with Crippen LogP contribution in [0.5, 0.6) is 0 Å². The van der Waals surface area contributed by atoms with Crippen LogP contribution in [0.1, 0.15) is 33.6 Å². The molecule has 1 unspecified atom stereocenters. The molecular formula is C19H23ClN2OS. The highest BCUT2D eigenvalue weighted by molar-refractivity contribution is 7.17. The minimum Gasteiger partial charge on any atom is -0.336 e. The van der Waals surface area contributed by atoms with E-state index < -0.39 is 0 Å². The van der Waals surface area contributed by atoms with Crippen LogP contribution >= 0.6 is 23.7 Å². The van der Waals surface area contributed by atoms with Gasteiger partial charge in [-0.2, -0.15) is 0 Å². The average molecular weight is 363 g/mol. The van der Waals surface area contributed by atoms with Crippen LogP contribution in [0.3, 0.4) is 0 Å². The number of hydrogen-bond acceptors (Lipinski definition) is 3. The first-order chi connectivity index (χ1) is 11.3. The molecule has 0 radical (unpaired) electrons. The van der Waals surface area contributed by atoms with Crippen molar-refractivity contribution >= 4 is 29.7 Å². The average Bonchev–Trinajstić information content (AvgIpc) is 3.06. The molecule has 2 heterocycles. The first-order valence-electron chi connectivity index (χ1n) is 8.44. The Morgan fingerprint density at radius 2 is 2.04 bits per heavy atom. The zero-order valence-corrected chi connectivity index (χ0v) is 15.5. The fourth-order valence-electron chi connectivity index (χ4n) is 3.73. The second-order valence-corrected chi connectivity index (χ2v) is 7.55. The van der Waals surface area contributed by atoms with Crippen LogP contribution in [0.25, 0.3) is 10.4 Å². The molecule has 1 N–H and O–H groups in total. The van der Waals surface area contributed by atoms with E-state index in [1.165, 1.54) is 21.6 Å². The Balaban J connectivity index is 0.00000169. The molecule has 1 amide bonds. The molecule has 5 heteroatoms. The molecule has 1 atom stereocenters. The molecule has 0 spiro atoms. The smallest absolute Gasteiger partial charge is 0.264 e. The maximum atomic E-state index is 12.9. The van der Waals surface area contributed by atoms with Gasteiger partial charge in [-0.15, -0.1) is 23.7 Å². The molecule has 1 saturated heterocycles. The molecule has 24 heavy (non-hydrogen) atoms. The number of nitrogens with zero attached hydrogens (tertiary/aromatic N) is 1. The number of piperidine rings is 1. The van der Waals surface area contributed by atoms with E-state index in [0.717, 1.165) is 43.6 Å². The van der Waals surface area contributed by atoms with E-state index in [-0.39, 0.29) is 18.3 Å². The number of benzene rings is 1. The van der Waals surface area contributed by atoms with E-state index >= 15 is 0 Å². The number of aryl methyl sites for hydroxylation is 2. The lowest BCUT2D eigenvalue weighted by Crippen LogP contribution is -2.46. The Morgan fingerprint density at radius 3 is 2.88 bits per heavy atom. The number of halogens is 1. The van der Waals surface area contributed by atoms with Gasteiger partial charge in [0.2, 0.25) is 0 Å². The summed E-state index contributed by atoms with van der Waals surface area (Å²) < 4.78 is 0. The van der Waals surface area contributed by atoms with Gasteiger partial charge in [-0.1, -0.05) is 24.3 Å². The van der Waals surface area contributed by atoms with Gasteiger partial charge in [-0.25, -0.2) is 0 Å². The van der Waals surface area contributed by atoms with Crippen LogP contribution in [0.2, 0.25) is 0 Å². The second-order valence-electron chi connectivity index (χ2n) is 6.50. The summed E-state index contributed by atoms with van der Waals surface area (Å²) in [6, 6.07) is 11.2. The van der Waals surface area contributed by atoms with Crippen molar-refractivity contribution in [3.63, 3.8) is 0 Å². The fraction of sp³-hybridized carbons (Fsp3) is 0.421. The van der Waals surface area contributed by atoms with Gasteiger partial charge in [0.1, 0.15) is 0 Å². The molecule has 1 aliphatic carbocycles. The number of carbonyl (C=O) groups excluding carboxylic acids is 1. The molecule has 1 fully saturated rings. The Hall–Kier alpha value is -1.36. The zero-order chi connectivity index (χ0) is 15.8. The number of fused-ring (bicyclic) bond motifs is 3. The minimum atomic E-state index is 0. The quantitative estimate of drug-likeness (QED) is 0.882. The summed E-state index contributed by atoms with van der Waals surface area (Å²) >= 11 is 1.68. The number of rotatable bonds is 2. The summed E-state index contributed by atoms with van der Waals surface area (Å²) in [7, 11) is 1.99. The van der Waals surface area contributed by atoms with Crippen molar-refractivity contribution in [1.29, 1.82) is 0 Å². The maximum Gasteiger partial charge on any atom is 0.264 e. The van der Waals surface area contributed by atoms with Gasteiger partial charge in [-0.3, -0.25) is 4.79 Å². The third kappa shape index (κ3) is 3.10. The van der Waals surface area contributed by atoms with Gasteiger partial charge >= 0.3 is 0 Å². The highest BCUT2D eigenvalue weighted by Crippen LogP contribution is 2.39. The van der Waals surface area contributed by atoms with Crippen molar-refractivity contribution < 1.29 is 4.79 Å². The summed E-state index contributed by atoms with van der Waals surface area (Å²) in [6.07, 6.45) is 4.38. The molecule has 2 aliphatic rings. The van der Waals surface area contributed by atoms with Crippen LogP contribution < -0.4 is 5.32 Å². The third-order valence-electron chi connectivity index (χ3n) is 5.06. The lowest BCUT2D eigenvalue weighted by molar-refractivity contribution is 0.0703. The van der Waals surface area contributed by atoms with E-state index in [0.29, 0.717) is 6.04 Å². The predicted octanol–water partition coefficient (Wildman–Crippen LogP) is 3.76. The van der Waals surface area contributed by atoms with E-state index in [9.17, 15) is 4.79 Å². The maximum absolute atomic E-state index is 12.9. The molecule has 2 aromatic rings. The number of likely N-dealkylation sites (tertiary alicyclic amines) is 1. The van der Waals surface area contributed by atoms with Crippen LogP contribution in [-0.2, 0) is 12.8 Å². The third-order valence-corrected chi connectivity index (χ3v) is 6.26. The molecule has 1 aromatic heterocycles. The normalized spacial score (nSPS) is 19.2. The first kappa shape index (κ1) is 17.5. The summed E-state index contributed by atoms with van der Waals surface area (Å²) in [6.45, 7) is 1.71. The molecule has 0 bridgehead atoms. The van der Waals surface area contributed by atoms with Gasteiger partial charge in [0.25, 0.3) is 5.91 Å². The fourth-order valence-corrected chi connectivity index (χ4v) is 4.97. The Labute approximate surface area is 153 Å². The van der Waals surface area contributed by atoms with Gasteiger partial charge < -0.3 is 10.2 Å². The molecule has 128 valence electrons. The number of likely N-dealkylation sites (N-methyl/N-ethyl adjacent to an activating group) is 1. The van der Waals surface area contributed by atoms with Gasteiger partial charge in [-0.05, 0) is 55.5 Å². The summed E-state index contributed by atoms with van der Waals surface area (Å²) in [5, 5.41) is 3.31. The molecule has 0 saturated carbocycles. The van der Waals surface area contributed by atoms with E-state index in [4.69, 9.17) is 0 Å². The van der Waals surface area contributed by atoms with Crippen molar-refractivity contribution in [3.05, 3.63) is 46.3 Å². The Kier molecular flexibility index (Phi) is 5.28. The number of hydrogen-bond donors (Lipinski definition) is 1. The largest absolute Gasteiger partial charge is 0.336 e. The second kappa shape index (κ2) is 7.26. The summed E-state index contributed by atoms with van der Waals surface area (Å²) in [4.78, 5) is 17.1. The van der Waals surface area contributed by atoms with Crippen molar-refractivity contribution in [2.45, 2.75) is 31.7 Å². The molecule has 3 nitrogen and oxygen atoms in total.